The molecule has 1 atom stereocenters. The molecule has 1 N–H and O–H groups in total. The van der Waals surface area contributed by atoms with Crippen molar-refractivity contribution in [3.05, 3.63) is 0 Å². The zero-order valence-electron chi connectivity index (χ0n) is 9.29. The van der Waals surface area contributed by atoms with Crippen LogP contribution in [0.1, 0.15) is 33.1 Å². The third kappa shape index (κ3) is 4.08. The monoisotopic (exact) mass is 195 g/mol. The summed E-state index contributed by atoms with van der Waals surface area (Å²) in [6.07, 6.45) is 3.46. The van der Waals surface area contributed by atoms with Gasteiger partial charge in [0.2, 0.25) is 0 Å². The molecule has 1 aliphatic rings. The highest BCUT2D eigenvalue weighted by molar-refractivity contribution is 4.95. The summed E-state index contributed by atoms with van der Waals surface area (Å²) >= 11 is 0. The Kier molecular flexibility index (Phi) is 4.92. The summed E-state index contributed by atoms with van der Waals surface area (Å²) in [7, 11) is 0. The maximum atomic E-state index is 8.93. The maximum Gasteiger partial charge on any atom is 0.0967 e. The highest BCUT2D eigenvalue weighted by Gasteiger charge is 2.24. The highest BCUT2D eigenvalue weighted by Crippen LogP contribution is 2.19. The number of rotatable bonds is 7. The zero-order valence-corrected chi connectivity index (χ0v) is 9.29. The molecule has 0 aromatic rings. The molecular weight excluding hydrogens is 174 g/mol. The summed E-state index contributed by atoms with van der Waals surface area (Å²) in [5.41, 5.74) is 0. The van der Waals surface area contributed by atoms with Crippen LogP contribution in [0, 0.1) is 11.3 Å². The van der Waals surface area contributed by atoms with Gasteiger partial charge in [0.25, 0.3) is 0 Å². The molecule has 1 saturated carbocycles. The summed E-state index contributed by atoms with van der Waals surface area (Å²) < 4.78 is 0. The predicted molar refractivity (Wildman–Crippen MR) is 58.0 cm³/mol. The van der Waals surface area contributed by atoms with E-state index in [0.29, 0.717) is 6.04 Å². The minimum Gasteiger partial charge on any atom is -0.304 e. The Balaban J connectivity index is 2.15. The molecule has 0 heterocycles. The van der Waals surface area contributed by atoms with Crippen LogP contribution in [0.5, 0.6) is 0 Å². The molecule has 14 heavy (non-hydrogen) atoms. The van der Waals surface area contributed by atoms with Crippen LogP contribution in [0.2, 0.25) is 0 Å². The van der Waals surface area contributed by atoms with E-state index in [1.807, 2.05) is 0 Å². The Morgan fingerprint density at radius 3 is 2.50 bits per heavy atom. The number of hydrogen-bond donors (Lipinski definition) is 1. The minimum atomic E-state index is 0.0584. The number of nitriles is 1. The van der Waals surface area contributed by atoms with E-state index in [1.54, 1.807) is 0 Å². The fourth-order valence-electron chi connectivity index (χ4n) is 1.57. The molecule has 1 fully saturated rings. The van der Waals surface area contributed by atoms with Crippen LogP contribution in [0.3, 0.4) is 0 Å². The van der Waals surface area contributed by atoms with Gasteiger partial charge in [-0.05, 0) is 32.4 Å². The van der Waals surface area contributed by atoms with Crippen LogP contribution in [0.4, 0.5) is 0 Å². The Labute approximate surface area is 87.1 Å². The standard InChI is InChI=1S/C11H21N3/c1-3-14(4-2)8-7-11(9-12)13-10-5-6-10/h10-11,13H,3-8H2,1-2H3. The van der Waals surface area contributed by atoms with E-state index in [1.165, 1.54) is 12.8 Å². The Morgan fingerprint density at radius 2 is 2.07 bits per heavy atom. The van der Waals surface area contributed by atoms with Crippen molar-refractivity contribution >= 4 is 0 Å². The van der Waals surface area contributed by atoms with Crippen LogP contribution in [0.15, 0.2) is 0 Å². The van der Waals surface area contributed by atoms with Gasteiger partial charge in [0.15, 0.2) is 0 Å². The Hall–Kier alpha value is -0.590. The second-order valence-electron chi connectivity index (χ2n) is 3.94. The van der Waals surface area contributed by atoms with Gasteiger partial charge in [0, 0.05) is 12.6 Å². The van der Waals surface area contributed by atoms with Crippen LogP contribution in [-0.4, -0.2) is 36.6 Å². The number of hydrogen-bond acceptors (Lipinski definition) is 3. The van der Waals surface area contributed by atoms with Crippen LogP contribution in [-0.2, 0) is 0 Å². The van der Waals surface area contributed by atoms with Gasteiger partial charge >= 0.3 is 0 Å². The lowest BCUT2D eigenvalue weighted by Gasteiger charge is -2.19. The van der Waals surface area contributed by atoms with Crippen molar-refractivity contribution in [2.24, 2.45) is 0 Å². The van der Waals surface area contributed by atoms with Gasteiger partial charge in [-0.3, -0.25) is 5.32 Å². The van der Waals surface area contributed by atoms with E-state index in [-0.39, 0.29) is 6.04 Å². The van der Waals surface area contributed by atoms with Crippen molar-refractivity contribution in [2.75, 3.05) is 19.6 Å². The minimum absolute atomic E-state index is 0.0584. The van der Waals surface area contributed by atoms with Crippen LogP contribution < -0.4 is 5.32 Å². The molecule has 80 valence electrons. The van der Waals surface area contributed by atoms with E-state index >= 15 is 0 Å². The van der Waals surface area contributed by atoms with Crippen molar-refractivity contribution in [1.82, 2.24) is 10.2 Å². The van der Waals surface area contributed by atoms with E-state index in [9.17, 15) is 0 Å². The molecule has 1 rings (SSSR count). The van der Waals surface area contributed by atoms with Crippen molar-refractivity contribution in [3.8, 4) is 6.07 Å². The molecule has 3 heteroatoms. The lowest BCUT2D eigenvalue weighted by atomic mass is 10.2. The highest BCUT2D eigenvalue weighted by atomic mass is 15.1. The predicted octanol–water partition coefficient (Wildman–Crippen LogP) is 1.36. The van der Waals surface area contributed by atoms with Gasteiger partial charge in [-0.15, -0.1) is 0 Å². The molecule has 0 aliphatic heterocycles. The van der Waals surface area contributed by atoms with E-state index in [2.05, 4.69) is 30.1 Å². The van der Waals surface area contributed by atoms with Gasteiger partial charge in [-0.2, -0.15) is 5.26 Å². The van der Waals surface area contributed by atoms with Gasteiger partial charge in [0.05, 0.1) is 12.1 Å². The van der Waals surface area contributed by atoms with Gasteiger partial charge in [0.1, 0.15) is 0 Å². The first-order chi connectivity index (χ1) is 6.80. The summed E-state index contributed by atoms with van der Waals surface area (Å²) in [4.78, 5) is 2.36. The average molecular weight is 195 g/mol. The lowest BCUT2D eigenvalue weighted by molar-refractivity contribution is 0.290. The first-order valence-electron chi connectivity index (χ1n) is 5.68. The molecule has 1 unspecified atom stereocenters. The van der Waals surface area contributed by atoms with Crippen molar-refractivity contribution in [2.45, 2.75) is 45.2 Å². The molecule has 0 radical (unpaired) electrons. The van der Waals surface area contributed by atoms with Crippen LogP contribution >= 0.6 is 0 Å². The molecule has 0 aromatic carbocycles. The van der Waals surface area contributed by atoms with Gasteiger partial charge in [-0.25, -0.2) is 0 Å². The SMILES string of the molecule is CCN(CC)CCC(C#N)NC1CC1. The fourth-order valence-corrected chi connectivity index (χ4v) is 1.57. The third-order valence-corrected chi connectivity index (χ3v) is 2.80. The molecule has 1 aliphatic carbocycles. The average Bonchev–Trinajstić information content (AvgIpc) is 3.01. The number of nitrogens with zero attached hydrogens (tertiary/aromatic N) is 2. The second-order valence-corrected chi connectivity index (χ2v) is 3.94. The molecule has 0 aromatic heterocycles. The largest absolute Gasteiger partial charge is 0.304 e. The van der Waals surface area contributed by atoms with Gasteiger partial charge in [-0.1, -0.05) is 13.8 Å². The topological polar surface area (TPSA) is 39.1 Å². The summed E-state index contributed by atoms with van der Waals surface area (Å²) in [6.45, 7) is 7.53. The normalized spacial score (nSPS) is 18.1. The zero-order chi connectivity index (χ0) is 10.4. The molecule has 0 amide bonds. The lowest BCUT2D eigenvalue weighted by Crippen LogP contribution is -2.34. The first-order valence-corrected chi connectivity index (χ1v) is 5.68. The second kappa shape index (κ2) is 6.00. The molecule has 3 nitrogen and oxygen atoms in total. The van der Waals surface area contributed by atoms with Crippen LogP contribution in [0.25, 0.3) is 0 Å². The summed E-state index contributed by atoms with van der Waals surface area (Å²) in [5, 5.41) is 12.3. The van der Waals surface area contributed by atoms with Crippen molar-refractivity contribution in [3.63, 3.8) is 0 Å². The molecule has 0 bridgehead atoms. The van der Waals surface area contributed by atoms with E-state index in [0.717, 1.165) is 26.1 Å². The van der Waals surface area contributed by atoms with Gasteiger partial charge < -0.3 is 4.90 Å². The molecular formula is C11H21N3. The summed E-state index contributed by atoms with van der Waals surface area (Å²) in [6, 6.07) is 3.03. The first kappa shape index (κ1) is 11.5. The summed E-state index contributed by atoms with van der Waals surface area (Å²) in [5.74, 6) is 0. The third-order valence-electron chi connectivity index (χ3n) is 2.80. The quantitative estimate of drug-likeness (QED) is 0.666. The Bertz CT molecular complexity index is 189. The molecule has 0 saturated heterocycles. The van der Waals surface area contributed by atoms with Crippen molar-refractivity contribution in [1.29, 1.82) is 5.26 Å². The van der Waals surface area contributed by atoms with Crippen molar-refractivity contribution < 1.29 is 0 Å². The van der Waals surface area contributed by atoms with E-state index < -0.39 is 0 Å². The Morgan fingerprint density at radius 1 is 1.43 bits per heavy atom. The smallest absolute Gasteiger partial charge is 0.0967 e. The fraction of sp³-hybridized carbons (Fsp3) is 0.909. The molecule has 0 spiro atoms. The van der Waals surface area contributed by atoms with E-state index in [4.69, 9.17) is 5.26 Å². The number of nitrogens with one attached hydrogen (secondary N) is 1. The maximum absolute atomic E-state index is 8.93.